The van der Waals surface area contributed by atoms with Gasteiger partial charge in [0.25, 0.3) is 0 Å². The number of carboxylic acids is 2. The monoisotopic (exact) mass is 226 g/mol. The fraction of sp³-hybridized carbons (Fsp3) is 0.273. The van der Waals surface area contributed by atoms with E-state index in [2.05, 4.69) is 0 Å². The van der Waals surface area contributed by atoms with Gasteiger partial charge in [-0.3, -0.25) is 9.59 Å². The smallest absolute Gasteiger partial charge is 0.307 e. The van der Waals surface area contributed by atoms with Crippen molar-refractivity contribution < 1.29 is 24.9 Å². The quantitative estimate of drug-likeness (QED) is 0.696. The van der Waals surface area contributed by atoms with E-state index in [0.29, 0.717) is 11.1 Å². The molecule has 3 N–H and O–H groups in total. The van der Waals surface area contributed by atoms with Gasteiger partial charge in [0.05, 0.1) is 12.8 Å². The van der Waals surface area contributed by atoms with Crippen LogP contribution in [0, 0.1) is 0 Å². The number of carboxylic acid groups (broad SMARTS) is 2. The van der Waals surface area contributed by atoms with Gasteiger partial charge >= 0.3 is 11.9 Å². The van der Waals surface area contributed by atoms with Gasteiger partial charge in [-0.05, 0) is 11.1 Å². The lowest BCUT2D eigenvalue weighted by Crippen LogP contribution is -2.07. The van der Waals surface area contributed by atoms with E-state index < -0.39 is 11.9 Å². The van der Waals surface area contributed by atoms with Gasteiger partial charge in [0, 0.05) is 7.11 Å². The van der Waals surface area contributed by atoms with E-state index in [4.69, 9.17) is 15.3 Å². The van der Waals surface area contributed by atoms with Crippen LogP contribution in [-0.2, 0) is 22.4 Å². The summed E-state index contributed by atoms with van der Waals surface area (Å²) < 4.78 is 0. The summed E-state index contributed by atoms with van der Waals surface area (Å²) in [6, 6.07) is 6.66. The van der Waals surface area contributed by atoms with Gasteiger partial charge in [-0.25, -0.2) is 0 Å². The summed E-state index contributed by atoms with van der Waals surface area (Å²) in [5.74, 6) is -1.91. The molecule has 5 heteroatoms. The number of hydrogen-bond donors (Lipinski definition) is 3. The van der Waals surface area contributed by atoms with Crippen molar-refractivity contribution in [2.75, 3.05) is 7.11 Å². The van der Waals surface area contributed by atoms with Crippen molar-refractivity contribution in [2.45, 2.75) is 12.8 Å². The van der Waals surface area contributed by atoms with Crippen molar-refractivity contribution in [3.8, 4) is 0 Å². The van der Waals surface area contributed by atoms with E-state index in [0.717, 1.165) is 7.11 Å². The molecule has 0 unspecified atom stereocenters. The van der Waals surface area contributed by atoms with Crippen molar-refractivity contribution >= 4 is 11.9 Å². The average molecular weight is 226 g/mol. The molecule has 0 radical (unpaired) electrons. The first-order valence-corrected chi connectivity index (χ1v) is 4.54. The van der Waals surface area contributed by atoms with Crippen LogP contribution in [0.5, 0.6) is 0 Å². The van der Waals surface area contributed by atoms with Crippen LogP contribution in [0.15, 0.2) is 24.3 Å². The van der Waals surface area contributed by atoms with Gasteiger partial charge in [-0.2, -0.15) is 0 Å². The van der Waals surface area contributed by atoms with Crippen LogP contribution >= 0.6 is 0 Å². The molecule has 0 aliphatic carbocycles. The second-order valence-electron chi connectivity index (χ2n) is 2.91. The number of aliphatic carboxylic acids is 2. The first-order valence-electron chi connectivity index (χ1n) is 4.54. The molecular weight excluding hydrogens is 212 g/mol. The van der Waals surface area contributed by atoms with E-state index in [-0.39, 0.29) is 12.8 Å². The predicted octanol–water partition coefficient (Wildman–Crippen LogP) is 0.549. The Balaban J connectivity index is 0.00000106. The summed E-state index contributed by atoms with van der Waals surface area (Å²) in [5, 5.41) is 24.2. The zero-order valence-electron chi connectivity index (χ0n) is 8.88. The van der Waals surface area contributed by atoms with Crippen LogP contribution in [0.25, 0.3) is 0 Å². The van der Waals surface area contributed by atoms with Crippen molar-refractivity contribution in [1.82, 2.24) is 0 Å². The maximum Gasteiger partial charge on any atom is 0.307 e. The molecule has 1 rings (SSSR count). The van der Waals surface area contributed by atoms with Crippen LogP contribution in [0.4, 0.5) is 0 Å². The SMILES string of the molecule is CO.O=C(O)Cc1ccccc1CC(=O)O. The average Bonchev–Trinajstić information content (AvgIpc) is 2.22. The Morgan fingerprint density at radius 3 is 1.50 bits per heavy atom. The Morgan fingerprint density at radius 2 is 1.25 bits per heavy atom. The van der Waals surface area contributed by atoms with Crippen molar-refractivity contribution in [1.29, 1.82) is 0 Å². The van der Waals surface area contributed by atoms with E-state index in [1.807, 2.05) is 0 Å². The van der Waals surface area contributed by atoms with Gasteiger partial charge in [-0.15, -0.1) is 0 Å². The fourth-order valence-corrected chi connectivity index (χ4v) is 1.23. The van der Waals surface area contributed by atoms with E-state index in [1.165, 1.54) is 0 Å². The molecule has 5 nitrogen and oxygen atoms in total. The summed E-state index contributed by atoms with van der Waals surface area (Å²) in [5.41, 5.74) is 1.12. The zero-order valence-corrected chi connectivity index (χ0v) is 8.88. The summed E-state index contributed by atoms with van der Waals surface area (Å²) in [4.78, 5) is 20.9. The number of benzene rings is 1. The molecule has 88 valence electrons. The Kier molecular flexibility index (Phi) is 6.55. The molecule has 0 aliphatic rings. The second kappa shape index (κ2) is 7.42. The molecule has 0 aromatic heterocycles. The minimum Gasteiger partial charge on any atom is -0.481 e. The Labute approximate surface area is 93.0 Å². The van der Waals surface area contributed by atoms with Gasteiger partial charge in [0.15, 0.2) is 0 Å². The third-order valence-electron chi connectivity index (χ3n) is 1.80. The highest BCUT2D eigenvalue weighted by Gasteiger charge is 2.08. The standard InChI is InChI=1S/C10H10O4.CH4O/c11-9(12)5-7-3-1-2-4-8(7)6-10(13)14;1-2/h1-4H,5-6H2,(H,11,12)(H,13,14);2H,1H3. The van der Waals surface area contributed by atoms with Crippen molar-refractivity contribution in [2.24, 2.45) is 0 Å². The first kappa shape index (κ1) is 14.1. The van der Waals surface area contributed by atoms with Gasteiger partial charge in [-0.1, -0.05) is 24.3 Å². The molecule has 1 aromatic rings. The third kappa shape index (κ3) is 5.11. The van der Waals surface area contributed by atoms with Crippen LogP contribution in [0.2, 0.25) is 0 Å². The molecule has 1 aromatic carbocycles. The lowest BCUT2D eigenvalue weighted by Gasteiger charge is -2.04. The van der Waals surface area contributed by atoms with E-state index in [1.54, 1.807) is 24.3 Å². The Morgan fingerprint density at radius 1 is 0.938 bits per heavy atom. The van der Waals surface area contributed by atoms with Crippen LogP contribution in [0.1, 0.15) is 11.1 Å². The fourth-order valence-electron chi connectivity index (χ4n) is 1.23. The number of aliphatic hydroxyl groups excluding tert-OH is 1. The molecule has 0 fully saturated rings. The van der Waals surface area contributed by atoms with Gasteiger partial charge in [0.2, 0.25) is 0 Å². The third-order valence-corrected chi connectivity index (χ3v) is 1.80. The van der Waals surface area contributed by atoms with E-state index >= 15 is 0 Å². The summed E-state index contributed by atoms with van der Waals surface area (Å²) in [6.07, 6.45) is -0.271. The predicted molar refractivity (Wildman–Crippen MR) is 57.3 cm³/mol. The maximum absolute atomic E-state index is 10.5. The summed E-state index contributed by atoms with van der Waals surface area (Å²) >= 11 is 0. The van der Waals surface area contributed by atoms with Gasteiger partial charge < -0.3 is 15.3 Å². The lowest BCUT2D eigenvalue weighted by atomic mass is 10.0. The number of rotatable bonds is 4. The normalized spacial score (nSPS) is 8.88. The molecule has 0 heterocycles. The highest BCUT2D eigenvalue weighted by molar-refractivity contribution is 5.74. The largest absolute Gasteiger partial charge is 0.481 e. The summed E-state index contributed by atoms with van der Waals surface area (Å²) in [7, 11) is 1.00. The van der Waals surface area contributed by atoms with Crippen LogP contribution in [0.3, 0.4) is 0 Å². The Hall–Kier alpha value is -1.88. The molecule has 0 atom stereocenters. The summed E-state index contributed by atoms with van der Waals surface area (Å²) in [6.45, 7) is 0. The molecule has 16 heavy (non-hydrogen) atoms. The number of aliphatic hydroxyl groups is 1. The molecule has 0 bridgehead atoms. The maximum atomic E-state index is 10.5. The van der Waals surface area contributed by atoms with Crippen LogP contribution < -0.4 is 0 Å². The minimum atomic E-state index is -0.956. The molecular formula is C11H14O5. The minimum absolute atomic E-state index is 0.135. The Bertz CT molecular complexity index is 324. The molecule has 0 spiro atoms. The van der Waals surface area contributed by atoms with Crippen molar-refractivity contribution in [3.05, 3.63) is 35.4 Å². The molecule has 0 saturated carbocycles. The second-order valence-corrected chi connectivity index (χ2v) is 2.91. The number of carbonyl (C=O) groups is 2. The van der Waals surface area contributed by atoms with E-state index in [9.17, 15) is 9.59 Å². The molecule has 0 saturated heterocycles. The highest BCUT2D eigenvalue weighted by Crippen LogP contribution is 2.10. The highest BCUT2D eigenvalue weighted by atomic mass is 16.4. The van der Waals surface area contributed by atoms with Crippen LogP contribution in [-0.4, -0.2) is 34.4 Å². The lowest BCUT2D eigenvalue weighted by molar-refractivity contribution is -0.137. The van der Waals surface area contributed by atoms with Gasteiger partial charge in [0.1, 0.15) is 0 Å². The topological polar surface area (TPSA) is 94.8 Å². The number of hydrogen-bond acceptors (Lipinski definition) is 3. The first-order chi connectivity index (χ1) is 7.59. The molecule has 0 amide bonds. The van der Waals surface area contributed by atoms with Crippen molar-refractivity contribution in [3.63, 3.8) is 0 Å². The zero-order chi connectivity index (χ0) is 12.6. The molecule has 0 aliphatic heterocycles.